The van der Waals surface area contributed by atoms with Gasteiger partial charge in [0, 0.05) is 24.0 Å². The maximum Gasteiger partial charge on any atom is 0.246 e. The van der Waals surface area contributed by atoms with Crippen LogP contribution in [0, 0.1) is 12.8 Å². The lowest BCUT2D eigenvalue weighted by molar-refractivity contribution is -0.133. The van der Waals surface area contributed by atoms with Gasteiger partial charge in [-0.25, -0.2) is 4.98 Å². The van der Waals surface area contributed by atoms with Crippen molar-refractivity contribution in [3.8, 4) is 0 Å². The molecule has 1 aromatic heterocycles. The van der Waals surface area contributed by atoms with E-state index in [-0.39, 0.29) is 23.8 Å². The van der Waals surface area contributed by atoms with E-state index in [1.165, 1.54) is 6.08 Å². The number of primary amides is 1. The summed E-state index contributed by atoms with van der Waals surface area (Å²) in [5.74, 6) is -0.645. The second-order valence-electron chi connectivity index (χ2n) is 5.14. The number of rotatable bonds is 3. The topological polar surface area (TPSA) is 76.3 Å². The zero-order chi connectivity index (χ0) is 14.7. The monoisotopic (exact) mass is 293 g/mol. The van der Waals surface area contributed by atoms with E-state index in [0.717, 1.165) is 23.5 Å². The fourth-order valence-electron chi connectivity index (χ4n) is 2.36. The van der Waals surface area contributed by atoms with Crippen LogP contribution in [0.15, 0.2) is 11.5 Å². The van der Waals surface area contributed by atoms with Crippen molar-refractivity contribution in [3.63, 3.8) is 0 Å². The molecule has 2 rings (SSSR count). The Morgan fingerprint density at radius 3 is 2.85 bits per heavy atom. The van der Waals surface area contributed by atoms with E-state index in [1.807, 2.05) is 19.2 Å². The van der Waals surface area contributed by atoms with Gasteiger partial charge in [0.25, 0.3) is 0 Å². The molecular weight excluding hydrogens is 274 g/mol. The Morgan fingerprint density at radius 2 is 2.25 bits per heavy atom. The highest BCUT2D eigenvalue weighted by atomic mass is 32.1. The van der Waals surface area contributed by atoms with Gasteiger partial charge in [0.1, 0.15) is 0 Å². The van der Waals surface area contributed by atoms with E-state index in [2.05, 4.69) is 4.98 Å². The maximum absolute atomic E-state index is 12.2. The highest BCUT2D eigenvalue weighted by Gasteiger charge is 2.30. The minimum atomic E-state index is -0.325. The number of aromatic nitrogens is 1. The van der Waals surface area contributed by atoms with Crippen LogP contribution in [0.4, 0.5) is 0 Å². The van der Waals surface area contributed by atoms with Crippen molar-refractivity contribution in [1.29, 1.82) is 0 Å². The van der Waals surface area contributed by atoms with E-state index >= 15 is 0 Å². The number of thiazole rings is 1. The molecule has 20 heavy (non-hydrogen) atoms. The van der Waals surface area contributed by atoms with Crippen LogP contribution in [0.1, 0.15) is 30.5 Å². The molecule has 0 saturated carbocycles. The van der Waals surface area contributed by atoms with Crippen LogP contribution in [-0.2, 0) is 9.59 Å². The van der Waals surface area contributed by atoms with E-state index in [1.54, 1.807) is 22.3 Å². The summed E-state index contributed by atoms with van der Waals surface area (Å²) in [6.07, 6.45) is 4.80. The first-order valence-electron chi connectivity index (χ1n) is 6.67. The van der Waals surface area contributed by atoms with Crippen molar-refractivity contribution in [2.75, 3.05) is 6.54 Å². The molecule has 6 heteroatoms. The fraction of sp³-hybridized carbons (Fsp3) is 0.500. The van der Waals surface area contributed by atoms with Gasteiger partial charge in [0.15, 0.2) is 0 Å². The van der Waals surface area contributed by atoms with Gasteiger partial charge in [0.05, 0.1) is 16.6 Å². The lowest BCUT2D eigenvalue weighted by Gasteiger charge is -2.36. The zero-order valence-electron chi connectivity index (χ0n) is 11.7. The highest BCUT2D eigenvalue weighted by molar-refractivity contribution is 7.09. The first-order valence-corrected chi connectivity index (χ1v) is 7.55. The molecule has 0 unspecified atom stereocenters. The predicted octanol–water partition coefficient (Wildman–Crippen LogP) is 1.58. The first-order chi connectivity index (χ1) is 9.47. The molecule has 0 aromatic carbocycles. The number of amides is 2. The Labute approximate surface area is 122 Å². The molecule has 108 valence electrons. The third kappa shape index (κ3) is 3.45. The number of piperidine rings is 1. The lowest BCUT2D eigenvalue weighted by Crippen LogP contribution is -2.48. The Balaban J connectivity index is 2.03. The summed E-state index contributed by atoms with van der Waals surface area (Å²) in [6, 6.07) is 0.139. The van der Waals surface area contributed by atoms with Crippen molar-refractivity contribution in [2.45, 2.75) is 32.7 Å². The van der Waals surface area contributed by atoms with E-state index in [9.17, 15) is 9.59 Å². The van der Waals surface area contributed by atoms with Crippen LogP contribution in [0.25, 0.3) is 6.08 Å². The van der Waals surface area contributed by atoms with Gasteiger partial charge in [-0.3, -0.25) is 9.59 Å². The average molecular weight is 293 g/mol. The van der Waals surface area contributed by atoms with Crippen LogP contribution in [-0.4, -0.2) is 34.3 Å². The van der Waals surface area contributed by atoms with Gasteiger partial charge in [0.2, 0.25) is 11.8 Å². The molecule has 0 bridgehead atoms. The second-order valence-corrected chi connectivity index (χ2v) is 6.20. The lowest BCUT2D eigenvalue weighted by atomic mass is 9.93. The van der Waals surface area contributed by atoms with Gasteiger partial charge < -0.3 is 10.6 Å². The Bertz CT molecular complexity index is 538. The van der Waals surface area contributed by atoms with Crippen LogP contribution >= 0.6 is 11.3 Å². The predicted molar refractivity (Wildman–Crippen MR) is 79.0 cm³/mol. The number of nitrogens with zero attached hydrogens (tertiary/aromatic N) is 2. The minimum absolute atomic E-state index is 0.0888. The van der Waals surface area contributed by atoms with Gasteiger partial charge in [-0.2, -0.15) is 0 Å². The van der Waals surface area contributed by atoms with Crippen LogP contribution in [0.5, 0.6) is 0 Å². The molecule has 1 fully saturated rings. The van der Waals surface area contributed by atoms with E-state index < -0.39 is 0 Å². The van der Waals surface area contributed by atoms with Gasteiger partial charge >= 0.3 is 0 Å². The van der Waals surface area contributed by atoms with E-state index in [0.29, 0.717) is 6.54 Å². The zero-order valence-corrected chi connectivity index (χ0v) is 12.5. The van der Waals surface area contributed by atoms with Crippen LogP contribution in [0.3, 0.4) is 0 Å². The number of likely N-dealkylation sites (tertiary alicyclic amines) is 1. The molecule has 0 spiro atoms. The Kier molecular flexibility index (Phi) is 4.54. The van der Waals surface area contributed by atoms with Crippen molar-refractivity contribution < 1.29 is 9.59 Å². The average Bonchev–Trinajstić information content (AvgIpc) is 2.82. The normalized spacial score (nSPS) is 23.2. The van der Waals surface area contributed by atoms with Crippen LogP contribution < -0.4 is 5.73 Å². The van der Waals surface area contributed by atoms with Gasteiger partial charge in [-0.15, -0.1) is 11.3 Å². The SMILES string of the molecule is Cc1nc(/C=C/C(=O)N2C[C@H](C(N)=O)CC[C@@H]2C)cs1. The van der Waals surface area contributed by atoms with Crippen molar-refractivity contribution in [1.82, 2.24) is 9.88 Å². The molecule has 2 N–H and O–H groups in total. The summed E-state index contributed by atoms with van der Waals surface area (Å²) in [4.78, 5) is 29.5. The highest BCUT2D eigenvalue weighted by Crippen LogP contribution is 2.22. The smallest absolute Gasteiger partial charge is 0.246 e. The molecule has 0 aliphatic carbocycles. The number of carbonyl (C=O) groups is 2. The Hall–Kier alpha value is -1.69. The largest absolute Gasteiger partial charge is 0.369 e. The summed E-state index contributed by atoms with van der Waals surface area (Å²) in [5, 5.41) is 2.88. The quantitative estimate of drug-likeness (QED) is 0.860. The number of carbonyl (C=O) groups excluding carboxylic acids is 2. The number of hydrogen-bond acceptors (Lipinski definition) is 4. The second kappa shape index (κ2) is 6.17. The molecule has 1 saturated heterocycles. The third-order valence-corrected chi connectivity index (χ3v) is 4.39. The first kappa shape index (κ1) is 14.7. The summed E-state index contributed by atoms with van der Waals surface area (Å²) < 4.78 is 0. The summed E-state index contributed by atoms with van der Waals surface area (Å²) in [5.41, 5.74) is 6.13. The molecule has 1 aromatic rings. The minimum Gasteiger partial charge on any atom is -0.369 e. The third-order valence-electron chi connectivity index (χ3n) is 3.60. The fourth-order valence-corrected chi connectivity index (χ4v) is 2.94. The maximum atomic E-state index is 12.2. The molecule has 1 aliphatic heterocycles. The van der Waals surface area contributed by atoms with Crippen molar-refractivity contribution >= 4 is 29.2 Å². The standard InChI is InChI=1S/C14H19N3O2S/c1-9-3-4-11(14(15)19)7-17(9)13(18)6-5-12-8-20-10(2)16-12/h5-6,8-9,11H,3-4,7H2,1-2H3,(H2,15,19)/b6-5+/t9-,11+/m0/s1. The number of nitrogens with two attached hydrogens (primary N) is 1. The van der Waals surface area contributed by atoms with Crippen molar-refractivity contribution in [2.24, 2.45) is 11.7 Å². The number of aryl methyl sites for hydroxylation is 1. The summed E-state index contributed by atoms with van der Waals surface area (Å²) >= 11 is 1.55. The van der Waals surface area contributed by atoms with Gasteiger partial charge in [-0.05, 0) is 32.8 Å². The summed E-state index contributed by atoms with van der Waals surface area (Å²) in [6.45, 7) is 4.33. The van der Waals surface area contributed by atoms with Crippen molar-refractivity contribution in [3.05, 3.63) is 22.2 Å². The van der Waals surface area contributed by atoms with E-state index in [4.69, 9.17) is 5.73 Å². The van der Waals surface area contributed by atoms with Crippen LogP contribution in [0.2, 0.25) is 0 Å². The number of hydrogen-bond donors (Lipinski definition) is 1. The molecule has 2 amide bonds. The molecular formula is C14H19N3O2S. The molecule has 1 aliphatic rings. The molecule has 2 heterocycles. The molecule has 2 atom stereocenters. The Morgan fingerprint density at radius 1 is 1.50 bits per heavy atom. The summed E-state index contributed by atoms with van der Waals surface area (Å²) in [7, 11) is 0. The van der Waals surface area contributed by atoms with Gasteiger partial charge in [-0.1, -0.05) is 0 Å². The molecule has 0 radical (unpaired) electrons. The molecule has 5 nitrogen and oxygen atoms in total.